The minimum Gasteiger partial charge on any atom is -0.373 e. The fraction of sp³-hybridized carbons (Fsp3) is 0.263. The smallest absolute Gasteiger partial charge is 0.305 e. The fourth-order valence-corrected chi connectivity index (χ4v) is 4.39. The van der Waals surface area contributed by atoms with Gasteiger partial charge in [0.1, 0.15) is 11.8 Å². The Morgan fingerprint density at radius 2 is 1.96 bits per heavy atom. The lowest BCUT2D eigenvalue weighted by molar-refractivity contribution is -0.0112. The summed E-state index contributed by atoms with van der Waals surface area (Å²) in [6.45, 7) is 0.493. The van der Waals surface area contributed by atoms with Gasteiger partial charge < -0.3 is 9.64 Å². The number of carbonyl (C=O) groups is 1. The average Bonchev–Trinajstić information content (AvgIpc) is 2.67. The van der Waals surface area contributed by atoms with Crippen LogP contribution >= 0.6 is 11.8 Å². The van der Waals surface area contributed by atoms with E-state index in [0.29, 0.717) is 17.7 Å². The van der Waals surface area contributed by atoms with Crippen LogP contribution in [0.4, 0.5) is 3.89 Å². The van der Waals surface area contributed by atoms with Crippen molar-refractivity contribution in [2.45, 2.75) is 15.9 Å². The molecule has 28 heavy (non-hydrogen) atoms. The molecule has 1 heterocycles. The van der Waals surface area contributed by atoms with Gasteiger partial charge in [-0.3, -0.25) is 4.79 Å². The van der Waals surface area contributed by atoms with Crippen LogP contribution in [0.1, 0.15) is 15.9 Å². The van der Waals surface area contributed by atoms with Crippen molar-refractivity contribution in [2.75, 3.05) is 25.4 Å². The Morgan fingerprint density at radius 1 is 1.25 bits per heavy atom. The van der Waals surface area contributed by atoms with Crippen LogP contribution in [-0.2, 0) is 15.0 Å². The molecule has 0 aromatic heterocycles. The molecule has 0 bridgehead atoms. The van der Waals surface area contributed by atoms with Crippen molar-refractivity contribution >= 4 is 27.9 Å². The molecule has 146 valence electrons. The first kappa shape index (κ1) is 20.3. The molecule has 0 radical (unpaired) electrons. The SMILES string of the molecule is N#Cc1ccccc1Sc1ccc(C(=O)N2CCOC(CS(=O)(=O)F)C2)cc1. The van der Waals surface area contributed by atoms with E-state index in [0.717, 1.165) is 9.79 Å². The Balaban J connectivity index is 1.67. The molecule has 0 saturated carbocycles. The highest BCUT2D eigenvalue weighted by Crippen LogP contribution is 2.30. The number of amides is 1. The molecule has 6 nitrogen and oxygen atoms in total. The van der Waals surface area contributed by atoms with E-state index < -0.39 is 22.1 Å². The zero-order valence-corrected chi connectivity index (χ0v) is 16.4. The summed E-state index contributed by atoms with van der Waals surface area (Å²) in [4.78, 5) is 15.8. The average molecular weight is 420 g/mol. The summed E-state index contributed by atoms with van der Waals surface area (Å²) in [7, 11) is -4.67. The molecular formula is C19H17FN2O4S2. The van der Waals surface area contributed by atoms with Crippen LogP contribution in [-0.4, -0.2) is 50.8 Å². The lowest BCUT2D eigenvalue weighted by atomic mass is 10.2. The molecule has 1 aliphatic rings. The maximum absolute atomic E-state index is 12.9. The molecule has 1 fully saturated rings. The maximum Gasteiger partial charge on any atom is 0.305 e. The van der Waals surface area contributed by atoms with Gasteiger partial charge in [0.15, 0.2) is 0 Å². The van der Waals surface area contributed by atoms with Crippen molar-refractivity contribution in [3.05, 3.63) is 59.7 Å². The normalized spacial score (nSPS) is 17.1. The second kappa shape index (κ2) is 8.73. The first-order valence-corrected chi connectivity index (χ1v) is 10.8. The minimum atomic E-state index is -4.67. The van der Waals surface area contributed by atoms with Gasteiger partial charge in [0, 0.05) is 28.4 Å². The molecule has 1 saturated heterocycles. The third-order valence-electron chi connectivity index (χ3n) is 4.15. The van der Waals surface area contributed by atoms with Gasteiger partial charge in [-0.05, 0) is 36.4 Å². The number of carbonyl (C=O) groups excluding carboxylic acids is 1. The van der Waals surface area contributed by atoms with E-state index in [2.05, 4.69) is 6.07 Å². The van der Waals surface area contributed by atoms with Crippen LogP contribution < -0.4 is 0 Å². The number of ether oxygens (including phenoxy) is 1. The summed E-state index contributed by atoms with van der Waals surface area (Å²) in [5, 5.41) is 9.16. The molecule has 1 amide bonds. The first-order valence-electron chi connectivity index (χ1n) is 8.46. The molecule has 0 N–H and O–H groups in total. The maximum atomic E-state index is 12.9. The van der Waals surface area contributed by atoms with Crippen LogP contribution in [0.5, 0.6) is 0 Å². The second-order valence-corrected chi connectivity index (χ2v) is 8.71. The number of morpholine rings is 1. The highest BCUT2D eigenvalue weighted by atomic mass is 32.3. The number of hydrogen-bond acceptors (Lipinski definition) is 6. The van der Waals surface area contributed by atoms with Crippen molar-refractivity contribution < 1.29 is 21.8 Å². The third kappa shape index (κ3) is 5.32. The number of hydrogen-bond donors (Lipinski definition) is 0. The summed E-state index contributed by atoms with van der Waals surface area (Å²) >= 11 is 1.43. The molecule has 3 rings (SSSR count). The number of halogens is 1. The van der Waals surface area contributed by atoms with Gasteiger partial charge in [0.05, 0.1) is 18.3 Å². The molecule has 0 aliphatic carbocycles. The van der Waals surface area contributed by atoms with E-state index in [-0.39, 0.29) is 19.1 Å². The molecule has 1 unspecified atom stereocenters. The second-order valence-electron chi connectivity index (χ2n) is 6.18. The molecule has 9 heteroatoms. The predicted molar refractivity (Wildman–Crippen MR) is 102 cm³/mol. The van der Waals surface area contributed by atoms with Crippen molar-refractivity contribution in [1.82, 2.24) is 4.90 Å². The summed E-state index contributed by atoms with van der Waals surface area (Å²) in [5.74, 6) is -1.02. The number of nitriles is 1. The first-order chi connectivity index (χ1) is 13.4. The lowest BCUT2D eigenvalue weighted by Gasteiger charge is -2.32. The zero-order chi connectivity index (χ0) is 20.1. The standard InChI is InChI=1S/C19H17FN2O4S2/c20-28(24,25)13-16-12-22(9-10-26-16)19(23)14-5-7-17(8-6-14)27-18-4-2-1-3-15(18)11-21/h1-8,16H,9-10,12-13H2. The third-order valence-corrected chi connectivity index (χ3v) is 6.00. The topological polar surface area (TPSA) is 87.5 Å². The van der Waals surface area contributed by atoms with Gasteiger partial charge in [-0.2, -0.15) is 13.7 Å². The summed E-state index contributed by atoms with van der Waals surface area (Å²) in [5.41, 5.74) is 1.02. The van der Waals surface area contributed by atoms with Crippen LogP contribution in [0, 0.1) is 11.3 Å². The van der Waals surface area contributed by atoms with E-state index in [9.17, 15) is 17.1 Å². The highest BCUT2D eigenvalue weighted by Gasteiger charge is 2.28. The van der Waals surface area contributed by atoms with Gasteiger partial charge in [-0.1, -0.05) is 23.9 Å². The van der Waals surface area contributed by atoms with Crippen LogP contribution in [0.2, 0.25) is 0 Å². The van der Waals surface area contributed by atoms with Gasteiger partial charge >= 0.3 is 10.2 Å². The molecular weight excluding hydrogens is 403 g/mol. The van der Waals surface area contributed by atoms with Gasteiger partial charge in [0.25, 0.3) is 5.91 Å². The Bertz CT molecular complexity index is 1000. The Labute approximate surface area is 167 Å². The molecule has 0 spiro atoms. The molecule has 1 atom stereocenters. The van der Waals surface area contributed by atoms with Gasteiger partial charge in [0.2, 0.25) is 0 Å². The van der Waals surface area contributed by atoms with E-state index in [1.807, 2.05) is 12.1 Å². The van der Waals surface area contributed by atoms with E-state index >= 15 is 0 Å². The highest BCUT2D eigenvalue weighted by molar-refractivity contribution is 7.99. The number of rotatable bonds is 5. The van der Waals surface area contributed by atoms with E-state index in [4.69, 9.17) is 10.00 Å². The summed E-state index contributed by atoms with van der Waals surface area (Å²) in [6.07, 6.45) is -0.870. The quantitative estimate of drug-likeness (QED) is 0.692. The number of benzene rings is 2. The van der Waals surface area contributed by atoms with Crippen molar-refractivity contribution in [2.24, 2.45) is 0 Å². The number of nitrogens with zero attached hydrogens (tertiary/aromatic N) is 2. The molecule has 2 aromatic rings. The summed E-state index contributed by atoms with van der Waals surface area (Å²) < 4.78 is 39.7. The van der Waals surface area contributed by atoms with E-state index in [1.54, 1.807) is 36.4 Å². The van der Waals surface area contributed by atoms with Crippen LogP contribution in [0.3, 0.4) is 0 Å². The fourth-order valence-electron chi connectivity index (χ4n) is 2.85. The minimum absolute atomic E-state index is 0.0219. The Morgan fingerprint density at radius 3 is 2.64 bits per heavy atom. The van der Waals surface area contributed by atoms with Gasteiger partial charge in [-0.15, -0.1) is 3.89 Å². The van der Waals surface area contributed by atoms with Crippen LogP contribution in [0.15, 0.2) is 58.3 Å². The van der Waals surface area contributed by atoms with E-state index in [1.165, 1.54) is 16.7 Å². The lowest BCUT2D eigenvalue weighted by Crippen LogP contribution is -2.47. The predicted octanol–water partition coefficient (Wildman–Crippen LogP) is 2.85. The molecule has 2 aromatic carbocycles. The Kier molecular flexibility index (Phi) is 6.34. The Hall–Kier alpha value is -2.41. The summed E-state index contributed by atoms with van der Waals surface area (Å²) in [6, 6.07) is 16.3. The van der Waals surface area contributed by atoms with Crippen molar-refractivity contribution in [3.63, 3.8) is 0 Å². The van der Waals surface area contributed by atoms with Crippen molar-refractivity contribution in [3.8, 4) is 6.07 Å². The monoisotopic (exact) mass is 420 g/mol. The van der Waals surface area contributed by atoms with Crippen LogP contribution in [0.25, 0.3) is 0 Å². The largest absolute Gasteiger partial charge is 0.373 e. The molecule has 1 aliphatic heterocycles. The van der Waals surface area contributed by atoms with Crippen molar-refractivity contribution in [1.29, 1.82) is 5.26 Å². The van der Waals surface area contributed by atoms with Gasteiger partial charge in [-0.25, -0.2) is 0 Å². The zero-order valence-electron chi connectivity index (χ0n) is 14.7.